The summed E-state index contributed by atoms with van der Waals surface area (Å²) in [5.74, 6) is 0.0752. The molecule has 6 nitrogen and oxygen atoms in total. The van der Waals surface area contributed by atoms with Crippen molar-refractivity contribution in [3.63, 3.8) is 0 Å². The molecular weight excluding hydrogens is 332 g/mol. The van der Waals surface area contributed by atoms with Gasteiger partial charge in [0.05, 0.1) is 5.69 Å². The van der Waals surface area contributed by atoms with Crippen molar-refractivity contribution >= 4 is 17.9 Å². The van der Waals surface area contributed by atoms with Gasteiger partial charge in [0.2, 0.25) is 0 Å². The van der Waals surface area contributed by atoms with Gasteiger partial charge in [-0.05, 0) is 59.6 Å². The third-order valence-electron chi connectivity index (χ3n) is 4.44. The predicted octanol–water partition coefficient (Wildman–Crippen LogP) is 4.49. The number of amides is 2. The van der Waals surface area contributed by atoms with E-state index in [4.69, 9.17) is 9.47 Å². The zero-order chi connectivity index (χ0) is 19.3. The minimum absolute atomic E-state index is 0.0752. The maximum Gasteiger partial charge on any atom is 0.416 e. The first kappa shape index (κ1) is 18.5. The summed E-state index contributed by atoms with van der Waals surface area (Å²) in [6.07, 6.45) is -0.448. The molecule has 0 saturated carbocycles. The van der Waals surface area contributed by atoms with Gasteiger partial charge < -0.3 is 9.47 Å². The molecule has 2 amide bonds. The lowest BCUT2D eigenvalue weighted by Gasteiger charge is -2.34. The number of ether oxygens (including phenoxy) is 2. The molecule has 1 aromatic rings. The second kappa shape index (κ2) is 6.18. The number of carbonyl (C=O) groups is 2. The number of para-hydroxylation sites is 1. The molecule has 1 fully saturated rings. The Balaban J connectivity index is 1.95. The SMILES string of the molecule is CC(C)(C)OC(=O)N1CC[C@@H]2c3ccccc3N(C(=O)OC(C)(C)C)C21. The molecule has 0 bridgehead atoms. The fraction of sp³-hybridized carbons (Fsp3) is 0.600. The molecule has 0 aliphatic carbocycles. The molecule has 0 radical (unpaired) electrons. The molecule has 26 heavy (non-hydrogen) atoms. The highest BCUT2D eigenvalue weighted by molar-refractivity contribution is 5.93. The number of carbonyl (C=O) groups excluding carboxylic acids is 2. The van der Waals surface area contributed by atoms with Crippen molar-refractivity contribution in [2.24, 2.45) is 0 Å². The van der Waals surface area contributed by atoms with Crippen LogP contribution in [-0.4, -0.2) is 41.0 Å². The van der Waals surface area contributed by atoms with Crippen LogP contribution in [0, 0.1) is 0 Å². The number of anilines is 1. The van der Waals surface area contributed by atoms with Crippen LogP contribution in [0.25, 0.3) is 0 Å². The maximum atomic E-state index is 12.9. The van der Waals surface area contributed by atoms with E-state index < -0.39 is 29.6 Å². The van der Waals surface area contributed by atoms with Crippen LogP contribution in [0.1, 0.15) is 59.4 Å². The average Bonchev–Trinajstić information content (AvgIpc) is 3.00. The Morgan fingerprint density at radius 2 is 1.54 bits per heavy atom. The van der Waals surface area contributed by atoms with E-state index in [1.807, 2.05) is 65.8 Å². The number of fused-ring (bicyclic) bond motifs is 3. The lowest BCUT2D eigenvalue weighted by molar-refractivity contribution is 0.0201. The molecule has 2 atom stereocenters. The van der Waals surface area contributed by atoms with Gasteiger partial charge in [-0.15, -0.1) is 0 Å². The van der Waals surface area contributed by atoms with Crippen LogP contribution in [0.4, 0.5) is 15.3 Å². The highest BCUT2D eigenvalue weighted by Crippen LogP contribution is 2.48. The Hall–Kier alpha value is -2.24. The molecular formula is C20H28N2O4. The van der Waals surface area contributed by atoms with E-state index in [0.29, 0.717) is 6.54 Å². The van der Waals surface area contributed by atoms with Crippen molar-refractivity contribution in [3.8, 4) is 0 Å². The first-order chi connectivity index (χ1) is 12.0. The number of likely N-dealkylation sites (tertiary alicyclic amines) is 1. The molecule has 2 heterocycles. The van der Waals surface area contributed by atoms with Crippen molar-refractivity contribution in [1.29, 1.82) is 0 Å². The van der Waals surface area contributed by atoms with Crippen LogP contribution in [-0.2, 0) is 9.47 Å². The number of hydrogen-bond donors (Lipinski definition) is 0. The lowest BCUT2D eigenvalue weighted by atomic mass is 9.99. The standard InChI is InChI=1S/C20H28N2O4/c1-19(2,3)25-17(23)21-12-11-14-13-9-7-8-10-15(13)22(16(14)21)18(24)26-20(4,5)6/h7-10,14,16H,11-12H2,1-6H3/t14-,16?/m1/s1. The van der Waals surface area contributed by atoms with Crippen molar-refractivity contribution in [1.82, 2.24) is 4.90 Å². The van der Waals surface area contributed by atoms with Crippen LogP contribution in [0.5, 0.6) is 0 Å². The molecule has 1 unspecified atom stereocenters. The Morgan fingerprint density at radius 3 is 2.15 bits per heavy atom. The second-order valence-corrected chi connectivity index (χ2v) is 8.89. The van der Waals surface area contributed by atoms with Crippen LogP contribution < -0.4 is 4.90 Å². The molecule has 2 aliphatic rings. The number of hydrogen-bond acceptors (Lipinski definition) is 4. The lowest BCUT2D eigenvalue weighted by Crippen LogP contribution is -2.51. The molecule has 0 N–H and O–H groups in total. The summed E-state index contributed by atoms with van der Waals surface area (Å²) in [7, 11) is 0. The third-order valence-corrected chi connectivity index (χ3v) is 4.44. The first-order valence-corrected chi connectivity index (χ1v) is 9.09. The minimum atomic E-state index is -0.612. The Kier molecular flexibility index (Phi) is 4.41. The molecule has 1 aromatic carbocycles. The van der Waals surface area contributed by atoms with Crippen LogP contribution >= 0.6 is 0 Å². The largest absolute Gasteiger partial charge is 0.444 e. The van der Waals surface area contributed by atoms with E-state index in [1.54, 1.807) is 9.80 Å². The molecule has 2 aliphatic heterocycles. The normalized spacial score (nSPS) is 22.1. The van der Waals surface area contributed by atoms with Crippen molar-refractivity contribution in [2.45, 2.75) is 71.2 Å². The summed E-state index contributed by atoms with van der Waals surface area (Å²) >= 11 is 0. The van der Waals surface area contributed by atoms with Gasteiger partial charge in [-0.2, -0.15) is 0 Å². The first-order valence-electron chi connectivity index (χ1n) is 9.09. The summed E-state index contributed by atoms with van der Waals surface area (Å²) < 4.78 is 11.2. The van der Waals surface area contributed by atoms with Crippen molar-refractivity contribution in [3.05, 3.63) is 29.8 Å². The topological polar surface area (TPSA) is 59.1 Å². The van der Waals surface area contributed by atoms with E-state index in [2.05, 4.69) is 0 Å². The predicted molar refractivity (Wildman–Crippen MR) is 99.2 cm³/mol. The van der Waals surface area contributed by atoms with Gasteiger partial charge in [0, 0.05) is 12.5 Å². The number of benzene rings is 1. The Labute approximate surface area is 155 Å². The van der Waals surface area contributed by atoms with Crippen LogP contribution in [0.2, 0.25) is 0 Å². The average molecular weight is 360 g/mol. The highest BCUT2D eigenvalue weighted by Gasteiger charge is 2.51. The van der Waals surface area contributed by atoms with Gasteiger partial charge in [-0.1, -0.05) is 18.2 Å². The zero-order valence-electron chi connectivity index (χ0n) is 16.4. The van der Waals surface area contributed by atoms with E-state index in [1.165, 1.54) is 0 Å². The fourth-order valence-electron chi connectivity index (χ4n) is 3.61. The smallest absolute Gasteiger partial charge is 0.416 e. The van der Waals surface area contributed by atoms with Crippen molar-refractivity contribution < 1.29 is 19.1 Å². The van der Waals surface area contributed by atoms with Gasteiger partial charge in [0.25, 0.3) is 0 Å². The summed E-state index contributed by atoms with van der Waals surface area (Å²) in [6, 6.07) is 7.79. The van der Waals surface area contributed by atoms with Crippen LogP contribution in [0.15, 0.2) is 24.3 Å². The van der Waals surface area contributed by atoms with E-state index in [-0.39, 0.29) is 5.92 Å². The van der Waals surface area contributed by atoms with E-state index in [0.717, 1.165) is 17.7 Å². The van der Waals surface area contributed by atoms with Crippen LogP contribution in [0.3, 0.4) is 0 Å². The number of nitrogens with zero attached hydrogens (tertiary/aromatic N) is 2. The minimum Gasteiger partial charge on any atom is -0.444 e. The molecule has 142 valence electrons. The van der Waals surface area contributed by atoms with E-state index in [9.17, 15) is 9.59 Å². The highest BCUT2D eigenvalue weighted by atomic mass is 16.6. The van der Waals surface area contributed by atoms with Gasteiger partial charge in [0.15, 0.2) is 0 Å². The summed E-state index contributed by atoms with van der Waals surface area (Å²) in [4.78, 5) is 28.9. The van der Waals surface area contributed by atoms with Gasteiger partial charge >= 0.3 is 12.2 Å². The summed E-state index contributed by atoms with van der Waals surface area (Å²) in [6.45, 7) is 11.6. The van der Waals surface area contributed by atoms with Gasteiger partial charge in [-0.25, -0.2) is 9.59 Å². The maximum absolute atomic E-state index is 12.9. The molecule has 1 saturated heterocycles. The Bertz CT molecular complexity index is 717. The number of rotatable bonds is 0. The fourth-order valence-corrected chi connectivity index (χ4v) is 3.61. The van der Waals surface area contributed by atoms with Gasteiger partial charge in [-0.3, -0.25) is 9.80 Å². The van der Waals surface area contributed by atoms with Gasteiger partial charge in [0.1, 0.15) is 17.4 Å². The quantitative estimate of drug-likeness (QED) is 0.684. The second-order valence-electron chi connectivity index (χ2n) is 8.89. The monoisotopic (exact) mass is 360 g/mol. The molecule has 0 spiro atoms. The summed E-state index contributed by atoms with van der Waals surface area (Å²) in [5.41, 5.74) is 0.691. The van der Waals surface area contributed by atoms with Crippen molar-refractivity contribution in [2.75, 3.05) is 11.4 Å². The molecule has 3 rings (SSSR count). The van der Waals surface area contributed by atoms with E-state index >= 15 is 0 Å². The molecule has 6 heteroatoms. The zero-order valence-corrected chi connectivity index (χ0v) is 16.4. The Morgan fingerprint density at radius 1 is 0.962 bits per heavy atom. The molecule has 0 aromatic heterocycles. The summed E-state index contributed by atoms with van der Waals surface area (Å²) in [5, 5.41) is 0. The third kappa shape index (κ3) is 3.50.